The highest BCUT2D eigenvalue weighted by Crippen LogP contribution is 2.23. The van der Waals surface area contributed by atoms with Gasteiger partial charge in [0.05, 0.1) is 4.90 Å². The van der Waals surface area contributed by atoms with Crippen molar-refractivity contribution in [3.63, 3.8) is 0 Å². The van der Waals surface area contributed by atoms with Gasteiger partial charge < -0.3 is 0 Å². The van der Waals surface area contributed by atoms with Gasteiger partial charge in [-0.1, -0.05) is 42.5 Å². The molecule has 1 heterocycles. The van der Waals surface area contributed by atoms with Gasteiger partial charge in [0.25, 0.3) is 0 Å². The zero-order valence-electron chi connectivity index (χ0n) is 14.9. The number of benzene rings is 3. The summed E-state index contributed by atoms with van der Waals surface area (Å²) in [6, 6.07) is 19.5. The van der Waals surface area contributed by atoms with Crippen LogP contribution in [0.3, 0.4) is 0 Å². The lowest BCUT2D eigenvalue weighted by atomic mass is 10.1. The molecule has 0 bridgehead atoms. The van der Waals surface area contributed by atoms with Gasteiger partial charge in [-0.25, -0.2) is 12.8 Å². The summed E-state index contributed by atoms with van der Waals surface area (Å²) >= 11 is 0. The van der Waals surface area contributed by atoms with Crippen LogP contribution >= 0.6 is 0 Å². The van der Waals surface area contributed by atoms with Gasteiger partial charge in [-0.3, -0.25) is 4.90 Å². The average Bonchev–Trinajstić information content (AvgIpc) is 2.68. The standard InChI is InChI=1S/C21H21FN2O2S/c22-20-7-3-4-17(14-20)16-23-10-12-24(13-11-23)27(25,26)21-9-8-18-5-1-2-6-19(18)15-21/h1-9,14-15H,10-13,16H2. The molecule has 0 unspecified atom stereocenters. The fourth-order valence-electron chi connectivity index (χ4n) is 3.50. The monoisotopic (exact) mass is 384 g/mol. The fourth-order valence-corrected chi connectivity index (χ4v) is 4.96. The molecule has 0 N–H and O–H groups in total. The molecule has 0 aromatic heterocycles. The van der Waals surface area contributed by atoms with Gasteiger partial charge in [0.2, 0.25) is 10.0 Å². The van der Waals surface area contributed by atoms with Crippen LogP contribution in [0.4, 0.5) is 4.39 Å². The predicted octanol–water partition coefficient (Wildman–Crippen LogP) is 3.49. The van der Waals surface area contributed by atoms with Crippen LogP contribution in [0.15, 0.2) is 71.6 Å². The molecule has 0 atom stereocenters. The van der Waals surface area contributed by atoms with Crippen LogP contribution in [0.5, 0.6) is 0 Å². The second-order valence-electron chi connectivity index (χ2n) is 6.82. The fraction of sp³-hybridized carbons (Fsp3) is 0.238. The number of hydrogen-bond donors (Lipinski definition) is 0. The van der Waals surface area contributed by atoms with Crippen molar-refractivity contribution in [2.75, 3.05) is 26.2 Å². The van der Waals surface area contributed by atoms with Gasteiger partial charge in [-0.05, 0) is 40.6 Å². The highest BCUT2D eigenvalue weighted by molar-refractivity contribution is 7.89. The summed E-state index contributed by atoms with van der Waals surface area (Å²) in [5.41, 5.74) is 0.904. The van der Waals surface area contributed by atoms with Crippen LogP contribution in [0.1, 0.15) is 5.56 Å². The number of nitrogens with zero attached hydrogens (tertiary/aromatic N) is 2. The van der Waals surface area contributed by atoms with E-state index in [2.05, 4.69) is 4.90 Å². The van der Waals surface area contributed by atoms with E-state index in [0.717, 1.165) is 16.3 Å². The van der Waals surface area contributed by atoms with Crippen LogP contribution < -0.4 is 0 Å². The Morgan fingerprint density at radius 3 is 2.30 bits per heavy atom. The van der Waals surface area contributed by atoms with Gasteiger partial charge in [-0.15, -0.1) is 0 Å². The third-order valence-corrected chi connectivity index (χ3v) is 6.88. The van der Waals surface area contributed by atoms with Crippen molar-refractivity contribution < 1.29 is 12.8 Å². The summed E-state index contributed by atoms with van der Waals surface area (Å²) in [6.45, 7) is 2.75. The molecule has 3 aromatic carbocycles. The molecule has 4 nitrogen and oxygen atoms in total. The molecule has 27 heavy (non-hydrogen) atoms. The Kier molecular flexibility index (Phi) is 4.95. The summed E-state index contributed by atoms with van der Waals surface area (Å²) < 4.78 is 40.9. The molecule has 0 saturated carbocycles. The smallest absolute Gasteiger partial charge is 0.243 e. The number of rotatable bonds is 4. The van der Waals surface area contributed by atoms with Crippen molar-refractivity contribution in [3.05, 3.63) is 78.1 Å². The van der Waals surface area contributed by atoms with E-state index >= 15 is 0 Å². The Morgan fingerprint density at radius 2 is 1.56 bits per heavy atom. The maximum absolute atomic E-state index is 13.3. The molecular formula is C21H21FN2O2S. The molecule has 0 spiro atoms. The molecule has 1 saturated heterocycles. The van der Waals surface area contributed by atoms with Gasteiger partial charge in [0.15, 0.2) is 0 Å². The molecule has 140 valence electrons. The van der Waals surface area contributed by atoms with Crippen LogP contribution in [-0.2, 0) is 16.6 Å². The van der Waals surface area contributed by atoms with Gasteiger partial charge in [0, 0.05) is 32.7 Å². The Morgan fingerprint density at radius 1 is 0.815 bits per heavy atom. The molecule has 0 aliphatic carbocycles. The minimum Gasteiger partial charge on any atom is -0.296 e. The SMILES string of the molecule is O=S(=O)(c1ccc2ccccc2c1)N1CCN(Cc2cccc(F)c2)CC1. The lowest BCUT2D eigenvalue weighted by molar-refractivity contribution is 0.181. The van der Waals surface area contributed by atoms with E-state index in [-0.39, 0.29) is 5.82 Å². The first-order valence-corrected chi connectivity index (χ1v) is 10.4. The molecule has 0 radical (unpaired) electrons. The Hall–Kier alpha value is -2.28. The van der Waals surface area contributed by atoms with Crippen molar-refractivity contribution in [2.24, 2.45) is 0 Å². The van der Waals surface area contributed by atoms with E-state index in [1.807, 2.05) is 36.4 Å². The molecule has 6 heteroatoms. The predicted molar refractivity (Wildman–Crippen MR) is 104 cm³/mol. The first-order chi connectivity index (χ1) is 13.0. The molecule has 1 aliphatic rings. The van der Waals surface area contributed by atoms with Crippen LogP contribution in [-0.4, -0.2) is 43.8 Å². The number of hydrogen-bond acceptors (Lipinski definition) is 3. The van der Waals surface area contributed by atoms with Crippen molar-refractivity contribution in [3.8, 4) is 0 Å². The first-order valence-electron chi connectivity index (χ1n) is 8.98. The van der Waals surface area contributed by atoms with Crippen molar-refractivity contribution in [1.29, 1.82) is 0 Å². The Balaban J connectivity index is 1.46. The van der Waals surface area contributed by atoms with E-state index in [4.69, 9.17) is 0 Å². The van der Waals surface area contributed by atoms with Gasteiger partial charge >= 0.3 is 0 Å². The lowest BCUT2D eigenvalue weighted by Crippen LogP contribution is -2.48. The van der Waals surface area contributed by atoms with Crippen LogP contribution in [0.2, 0.25) is 0 Å². The highest BCUT2D eigenvalue weighted by Gasteiger charge is 2.28. The van der Waals surface area contributed by atoms with Gasteiger partial charge in [-0.2, -0.15) is 4.31 Å². The number of piperazine rings is 1. The third kappa shape index (κ3) is 3.88. The minimum atomic E-state index is -3.51. The molecule has 1 aliphatic heterocycles. The molecule has 1 fully saturated rings. The minimum absolute atomic E-state index is 0.245. The van der Waals surface area contributed by atoms with E-state index in [0.29, 0.717) is 37.6 Å². The summed E-state index contributed by atoms with van der Waals surface area (Å²) in [4.78, 5) is 2.49. The zero-order chi connectivity index (χ0) is 18.9. The van der Waals surface area contributed by atoms with E-state index in [1.54, 1.807) is 22.5 Å². The zero-order valence-corrected chi connectivity index (χ0v) is 15.7. The van der Waals surface area contributed by atoms with Crippen LogP contribution in [0, 0.1) is 5.82 Å². The topological polar surface area (TPSA) is 40.6 Å². The average molecular weight is 384 g/mol. The van der Waals surface area contributed by atoms with Crippen LogP contribution in [0.25, 0.3) is 10.8 Å². The number of fused-ring (bicyclic) bond motifs is 1. The summed E-state index contributed by atoms with van der Waals surface area (Å²) in [5, 5.41) is 1.94. The molecule has 3 aromatic rings. The van der Waals surface area contributed by atoms with E-state index in [9.17, 15) is 12.8 Å². The van der Waals surface area contributed by atoms with E-state index < -0.39 is 10.0 Å². The maximum Gasteiger partial charge on any atom is 0.243 e. The second-order valence-corrected chi connectivity index (χ2v) is 8.76. The molecule has 0 amide bonds. The lowest BCUT2D eigenvalue weighted by Gasteiger charge is -2.34. The number of sulfonamides is 1. The molecule has 4 rings (SSSR count). The van der Waals surface area contributed by atoms with Crippen molar-refractivity contribution in [2.45, 2.75) is 11.4 Å². The van der Waals surface area contributed by atoms with E-state index in [1.165, 1.54) is 12.1 Å². The second kappa shape index (κ2) is 7.38. The summed E-state index contributed by atoms with van der Waals surface area (Å²) in [6.07, 6.45) is 0. The summed E-state index contributed by atoms with van der Waals surface area (Å²) in [5.74, 6) is -0.245. The normalized spacial score (nSPS) is 16.6. The van der Waals surface area contributed by atoms with Crippen molar-refractivity contribution >= 4 is 20.8 Å². The number of halogens is 1. The maximum atomic E-state index is 13.3. The van der Waals surface area contributed by atoms with Crippen molar-refractivity contribution in [1.82, 2.24) is 9.21 Å². The Labute approximate surface area is 158 Å². The molecular weight excluding hydrogens is 363 g/mol. The first kappa shape index (κ1) is 18.1. The summed E-state index contributed by atoms with van der Waals surface area (Å²) in [7, 11) is -3.51. The Bertz CT molecular complexity index is 1060. The third-order valence-electron chi connectivity index (χ3n) is 4.99. The van der Waals surface area contributed by atoms with Gasteiger partial charge in [0.1, 0.15) is 5.82 Å². The quantitative estimate of drug-likeness (QED) is 0.691. The largest absolute Gasteiger partial charge is 0.296 e. The highest BCUT2D eigenvalue weighted by atomic mass is 32.2.